The van der Waals surface area contributed by atoms with Crippen molar-refractivity contribution in [1.29, 1.82) is 5.26 Å². The van der Waals surface area contributed by atoms with E-state index in [2.05, 4.69) is 5.32 Å². The van der Waals surface area contributed by atoms with Crippen LogP contribution in [0.5, 0.6) is 0 Å². The molecule has 0 aliphatic rings. The highest BCUT2D eigenvalue weighted by atomic mass is 16.1. The molecule has 0 radical (unpaired) electrons. The second-order valence-electron chi connectivity index (χ2n) is 4.73. The summed E-state index contributed by atoms with van der Waals surface area (Å²) in [5, 5.41) is 11.7. The molecule has 106 valence electrons. The minimum atomic E-state index is -0.182. The van der Waals surface area contributed by atoms with Crippen molar-refractivity contribution in [2.24, 2.45) is 5.73 Å². The van der Waals surface area contributed by atoms with Crippen molar-refractivity contribution in [2.75, 3.05) is 6.54 Å². The molecule has 0 spiro atoms. The van der Waals surface area contributed by atoms with E-state index in [1.807, 2.05) is 30.3 Å². The van der Waals surface area contributed by atoms with Gasteiger partial charge in [0.1, 0.15) is 0 Å². The van der Waals surface area contributed by atoms with Crippen LogP contribution in [-0.4, -0.2) is 12.5 Å². The zero-order valence-corrected chi connectivity index (χ0v) is 11.7. The van der Waals surface area contributed by atoms with Gasteiger partial charge < -0.3 is 11.1 Å². The van der Waals surface area contributed by atoms with E-state index in [0.717, 1.165) is 12.0 Å². The van der Waals surface area contributed by atoms with E-state index in [0.29, 0.717) is 24.2 Å². The minimum Gasteiger partial charge on any atom is -0.348 e. The van der Waals surface area contributed by atoms with Gasteiger partial charge in [0.05, 0.1) is 11.6 Å². The molecule has 0 aliphatic carbocycles. The summed E-state index contributed by atoms with van der Waals surface area (Å²) in [6.07, 6.45) is 0.855. The SMILES string of the molecule is N#Cc1cccc(C(=O)NCc2ccc(CCN)cc2)c1. The van der Waals surface area contributed by atoms with Gasteiger partial charge in [-0.1, -0.05) is 30.3 Å². The fourth-order valence-corrected chi connectivity index (χ4v) is 2.00. The third kappa shape index (κ3) is 4.16. The summed E-state index contributed by atoms with van der Waals surface area (Å²) in [4.78, 5) is 12.0. The lowest BCUT2D eigenvalue weighted by atomic mass is 10.1. The van der Waals surface area contributed by atoms with E-state index >= 15 is 0 Å². The normalized spacial score (nSPS) is 9.90. The summed E-state index contributed by atoms with van der Waals surface area (Å²) in [5.74, 6) is -0.182. The molecule has 0 atom stereocenters. The Morgan fingerprint density at radius 3 is 2.52 bits per heavy atom. The molecule has 0 saturated heterocycles. The Labute approximate surface area is 124 Å². The Bertz CT molecular complexity index is 656. The molecule has 2 aromatic rings. The quantitative estimate of drug-likeness (QED) is 0.878. The van der Waals surface area contributed by atoms with Gasteiger partial charge in [-0.2, -0.15) is 5.26 Å². The maximum atomic E-state index is 12.0. The standard InChI is InChI=1S/C17H17N3O/c18-9-8-13-4-6-14(7-5-13)12-20-17(21)16-3-1-2-15(10-16)11-19/h1-7,10H,8-9,12,18H2,(H,20,21). The molecule has 0 bridgehead atoms. The molecule has 0 saturated carbocycles. The molecule has 0 fully saturated rings. The maximum Gasteiger partial charge on any atom is 0.251 e. The number of rotatable bonds is 5. The van der Waals surface area contributed by atoms with Crippen LogP contribution in [0.1, 0.15) is 27.0 Å². The lowest BCUT2D eigenvalue weighted by molar-refractivity contribution is 0.0951. The monoisotopic (exact) mass is 279 g/mol. The van der Waals surface area contributed by atoms with Crippen LogP contribution in [0.4, 0.5) is 0 Å². The predicted molar refractivity (Wildman–Crippen MR) is 81.5 cm³/mol. The first-order valence-corrected chi connectivity index (χ1v) is 6.79. The first-order chi connectivity index (χ1) is 10.2. The smallest absolute Gasteiger partial charge is 0.251 e. The highest BCUT2D eigenvalue weighted by molar-refractivity contribution is 5.94. The molecule has 1 amide bonds. The number of nitrogens with zero attached hydrogens (tertiary/aromatic N) is 1. The third-order valence-corrected chi connectivity index (χ3v) is 3.16. The van der Waals surface area contributed by atoms with E-state index in [-0.39, 0.29) is 5.91 Å². The molecule has 0 aliphatic heterocycles. The van der Waals surface area contributed by atoms with Crippen molar-refractivity contribution in [2.45, 2.75) is 13.0 Å². The number of carbonyl (C=O) groups is 1. The predicted octanol–water partition coefficient (Wildman–Crippen LogP) is 1.99. The molecule has 3 N–H and O–H groups in total. The van der Waals surface area contributed by atoms with E-state index in [9.17, 15) is 4.79 Å². The first-order valence-electron chi connectivity index (χ1n) is 6.79. The molecule has 4 nitrogen and oxygen atoms in total. The number of hydrogen-bond acceptors (Lipinski definition) is 3. The van der Waals surface area contributed by atoms with Gasteiger partial charge in [-0.15, -0.1) is 0 Å². The topological polar surface area (TPSA) is 78.9 Å². The van der Waals surface area contributed by atoms with Gasteiger partial charge >= 0.3 is 0 Å². The lowest BCUT2D eigenvalue weighted by Gasteiger charge is -2.06. The van der Waals surface area contributed by atoms with E-state index in [4.69, 9.17) is 11.0 Å². The fraction of sp³-hybridized carbons (Fsp3) is 0.176. The summed E-state index contributed by atoms with van der Waals surface area (Å²) >= 11 is 0. The second kappa shape index (κ2) is 7.22. The molecular weight excluding hydrogens is 262 g/mol. The third-order valence-electron chi connectivity index (χ3n) is 3.16. The number of benzene rings is 2. The van der Waals surface area contributed by atoms with Crippen molar-refractivity contribution in [3.63, 3.8) is 0 Å². The van der Waals surface area contributed by atoms with Gasteiger partial charge in [0.15, 0.2) is 0 Å². The van der Waals surface area contributed by atoms with Crippen LogP contribution in [0.25, 0.3) is 0 Å². The van der Waals surface area contributed by atoms with Crippen LogP contribution in [0.3, 0.4) is 0 Å². The van der Waals surface area contributed by atoms with Crippen molar-refractivity contribution >= 4 is 5.91 Å². The van der Waals surface area contributed by atoms with Gasteiger partial charge in [0.2, 0.25) is 0 Å². The summed E-state index contributed by atoms with van der Waals surface area (Å²) in [6.45, 7) is 1.09. The Kier molecular flexibility index (Phi) is 5.08. The van der Waals surface area contributed by atoms with E-state index < -0.39 is 0 Å². The van der Waals surface area contributed by atoms with Crippen molar-refractivity contribution < 1.29 is 4.79 Å². The van der Waals surface area contributed by atoms with Crippen molar-refractivity contribution in [3.05, 3.63) is 70.8 Å². The number of hydrogen-bond donors (Lipinski definition) is 2. The van der Waals surface area contributed by atoms with Gasteiger partial charge in [0, 0.05) is 12.1 Å². The van der Waals surface area contributed by atoms with Crippen LogP contribution in [0.2, 0.25) is 0 Å². The minimum absolute atomic E-state index is 0.182. The van der Waals surface area contributed by atoms with Gasteiger partial charge in [0.25, 0.3) is 5.91 Å². The van der Waals surface area contributed by atoms with Crippen LogP contribution in [-0.2, 0) is 13.0 Å². The summed E-state index contributed by atoms with van der Waals surface area (Å²) in [6, 6.07) is 16.7. The molecule has 0 aromatic heterocycles. The van der Waals surface area contributed by atoms with Crippen LogP contribution in [0, 0.1) is 11.3 Å². The molecule has 0 unspecified atom stereocenters. The number of amides is 1. The van der Waals surface area contributed by atoms with Crippen LogP contribution < -0.4 is 11.1 Å². The number of nitrogens with two attached hydrogens (primary N) is 1. The number of carbonyl (C=O) groups excluding carboxylic acids is 1. The van der Waals surface area contributed by atoms with Crippen molar-refractivity contribution in [3.8, 4) is 6.07 Å². The number of nitriles is 1. The Hall–Kier alpha value is -2.64. The molecule has 4 heteroatoms. The average molecular weight is 279 g/mol. The van der Waals surface area contributed by atoms with Gasteiger partial charge in [-0.25, -0.2) is 0 Å². The second-order valence-corrected chi connectivity index (χ2v) is 4.73. The largest absolute Gasteiger partial charge is 0.348 e. The zero-order chi connectivity index (χ0) is 15.1. The Morgan fingerprint density at radius 1 is 1.14 bits per heavy atom. The Balaban J connectivity index is 1.95. The first kappa shape index (κ1) is 14.8. The zero-order valence-electron chi connectivity index (χ0n) is 11.7. The Morgan fingerprint density at radius 2 is 1.86 bits per heavy atom. The lowest BCUT2D eigenvalue weighted by Crippen LogP contribution is -2.22. The van der Waals surface area contributed by atoms with Gasteiger partial charge in [-0.05, 0) is 42.3 Å². The van der Waals surface area contributed by atoms with Crippen LogP contribution in [0.15, 0.2) is 48.5 Å². The molecule has 2 rings (SSSR count). The van der Waals surface area contributed by atoms with Crippen LogP contribution >= 0.6 is 0 Å². The van der Waals surface area contributed by atoms with E-state index in [1.165, 1.54) is 5.56 Å². The molecule has 21 heavy (non-hydrogen) atoms. The van der Waals surface area contributed by atoms with Crippen molar-refractivity contribution in [1.82, 2.24) is 5.32 Å². The molecule has 2 aromatic carbocycles. The summed E-state index contributed by atoms with van der Waals surface area (Å²) in [5.41, 5.74) is 8.70. The highest BCUT2D eigenvalue weighted by Crippen LogP contribution is 2.07. The van der Waals surface area contributed by atoms with Gasteiger partial charge in [-0.3, -0.25) is 4.79 Å². The molecule has 0 heterocycles. The number of nitrogens with one attached hydrogen (secondary N) is 1. The summed E-state index contributed by atoms with van der Waals surface area (Å²) in [7, 11) is 0. The average Bonchev–Trinajstić information content (AvgIpc) is 2.54. The molecular formula is C17H17N3O. The highest BCUT2D eigenvalue weighted by Gasteiger charge is 2.05. The maximum absolute atomic E-state index is 12.0. The van der Waals surface area contributed by atoms with E-state index in [1.54, 1.807) is 24.3 Å². The fourth-order valence-electron chi connectivity index (χ4n) is 2.00. The summed E-state index contributed by atoms with van der Waals surface area (Å²) < 4.78 is 0.